The zero-order valence-corrected chi connectivity index (χ0v) is 15.2. The molecule has 1 heterocycles. The molecule has 0 aliphatic carbocycles. The lowest BCUT2D eigenvalue weighted by atomic mass is 10.1. The number of hydrogen-bond donors (Lipinski definition) is 1. The summed E-state index contributed by atoms with van der Waals surface area (Å²) in [5, 5.41) is 18.2. The van der Waals surface area contributed by atoms with Gasteiger partial charge in [0.25, 0.3) is 11.6 Å². The Morgan fingerprint density at radius 2 is 1.52 bits per heavy atom. The van der Waals surface area contributed by atoms with Crippen LogP contribution in [0.15, 0.2) is 91.1 Å². The number of nitrogens with zero attached hydrogens (tertiary/aromatic N) is 3. The fraction of sp³-hybridized carbons (Fsp3) is 0. The van der Waals surface area contributed by atoms with E-state index in [-0.39, 0.29) is 11.6 Å². The lowest BCUT2D eigenvalue weighted by Gasteiger charge is -2.11. The average molecular weight is 384 g/mol. The number of hydrogen-bond acceptors (Lipinski definition) is 4. The number of nitrogens with one attached hydrogen (secondary N) is 1. The van der Waals surface area contributed by atoms with Crippen molar-refractivity contribution in [2.24, 2.45) is 0 Å². The van der Waals surface area contributed by atoms with E-state index in [9.17, 15) is 14.9 Å². The second-order valence-corrected chi connectivity index (χ2v) is 6.28. The fourth-order valence-corrected chi connectivity index (χ4v) is 2.98. The average Bonchev–Trinajstić information content (AvgIpc) is 3.18. The van der Waals surface area contributed by atoms with Gasteiger partial charge in [-0.25, -0.2) is 4.68 Å². The van der Waals surface area contributed by atoms with Crippen molar-refractivity contribution < 1.29 is 9.72 Å². The first-order valence-corrected chi connectivity index (χ1v) is 8.88. The summed E-state index contributed by atoms with van der Waals surface area (Å²) in [4.78, 5) is 23.2. The van der Waals surface area contributed by atoms with Crippen molar-refractivity contribution in [3.05, 3.63) is 107 Å². The lowest BCUT2D eigenvalue weighted by molar-refractivity contribution is -0.384. The van der Waals surface area contributed by atoms with Crippen molar-refractivity contribution in [1.82, 2.24) is 9.78 Å². The normalized spacial score (nSPS) is 10.5. The molecule has 0 atom stereocenters. The summed E-state index contributed by atoms with van der Waals surface area (Å²) >= 11 is 0. The molecule has 0 aliphatic heterocycles. The van der Waals surface area contributed by atoms with E-state index in [0.29, 0.717) is 11.4 Å². The van der Waals surface area contributed by atoms with Gasteiger partial charge in [0, 0.05) is 23.3 Å². The molecule has 0 unspecified atom stereocenters. The Morgan fingerprint density at radius 3 is 2.14 bits per heavy atom. The number of carbonyl (C=O) groups excluding carboxylic acids is 1. The van der Waals surface area contributed by atoms with E-state index in [0.717, 1.165) is 16.8 Å². The lowest BCUT2D eigenvalue weighted by Crippen LogP contribution is -2.15. The van der Waals surface area contributed by atoms with Crippen LogP contribution in [-0.2, 0) is 0 Å². The summed E-state index contributed by atoms with van der Waals surface area (Å²) in [5.41, 5.74) is 2.73. The zero-order valence-electron chi connectivity index (χ0n) is 15.2. The smallest absolute Gasteiger partial charge is 0.269 e. The van der Waals surface area contributed by atoms with Crippen LogP contribution in [0.2, 0.25) is 0 Å². The van der Waals surface area contributed by atoms with Crippen molar-refractivity contribution in [2.75, 3.05) is 5.32 Å². The molecule has 0 fully saturated rings. The standard InChI is InChI=1S/C22H16N4O3/c27-22(17-11-13-19(14-12-17)26(28)29)24-21-20(16-7-3-1-4-8-16)15-23-25(21)18-9-5-2-6-10-18/h1-15H,(H,24,27). The molecular formula is C22H16N4O3. The van der Waals surface area contributed by atoms with Gasteiger partial charge in [0.2, 0.25) is 0 Å². The summed E-state index contributed by atoms with van der Waals surface area (Å²) in [6.45, 7) is 0. The Bertz CT molecular complexity index is 1100. The molecule has 142 valence electrons. The number of benzene rings is 3. The summed E-state index contributed by atoms with van der Waals surface area (Å²) in [5.74, 6) is 0.139. The van der Waals surface area contributed by atoms with Crippen LogP contribution < -0.4 is 5.32 Å². The van der Waals surface area contributed by atoms with Gasteiger partial charge in [-0.05, 0) is 29.8 Å². The van der Waals surface area contributed by atoms with Crippen LogP contribution in [0.4, 0.5) is 11.5 Å². The monoisotopic (exact) mass is 384 g/mol. The number of amides is 1. The molecular weight excluding hydrogens is 368 g/mol. The second-order valence-electron chi connectivity index (χ2n) is 6.28. The van der Waals surface area contributed by atoms with Crippen LogP contribution in [0.5, 0.6) is 0 Å². The highest BCUT2D eigenvalue weighted by Gasteiger charge is 2.18. The Labute approximate surface area is 166 Å². The van der Waals surface area contributed by atoms with Gasteiger partial charge in [0.1, 0.15) is 5.82 Å². The van der Waals surface area contributed by atoms with Crippen LogP contribution in [0.25, 0.3) is 16.8 Å². The minimum Gasteiger partial charge on any atom is -0.306 e. The van der Waals surface area contributed by atoms with E-state index in [1.54, 1.807) is 10.9 Å². The van der Waals surface area contributed by atoms with Gasteiger partial charge in [0.05, 0.1) is 16.8 Å². The molecule has 7 nitrogen and oxygen atoms in total. The van der Waals surface area contributed by atoms with Crippen molar-refractivity contribution in [2.45, 2.75) is 0 Å². The van der Waals surface area contributed by atoms with Crippen LogP contribution in [0, 0.1) is 10.1 Å². The molecule has 0 spiro atoms. The number of non-ortho nitro benzene ring substituents is 1. The van der Waals surface area contributed by atoms with Crippen LogP contribution in [-0.4, -0.2) is 20.6 Å². The van der Waals surface area contributed by atoms with Crippen molar-refractivity contribution in [3.63, 3.8) is 0 Å². The van der Waals surface area contributed by atoms with Crippen LogP contribution in [0.3, 0.4) is 0 Å². The first-order chi connectivity index (χ1) is 14.1. The highest BCUT2D eigenvalue weighted by molar-refractivity contribution is 6.06. The van der Waals surface area contributed by atoms with Crippen molar-refractivity contribution in [3.8, 4) is 16.8 Å². The molecule has 4 rings (SSSR count). The quantitative estimate of drug-likeness (QED) is 0.399. The van der Waals surface area contributed by atoms with E-state index in [1.807, 2.05) is 60.7 Å². The minimum absolute atomic E-state index is 0.0687. The third-order valence-electron chi connectivity index (χ3n) is 4.43. The first kappa shape index (κ1) is 18.1. The molecule has 7 heteroatoms. The number of nitro groups is 1. The highest BCUT2D eigenvalue weighted by atomic mass is 16.6. The first-order valence-electron chi connectivity index (χ1n) is 8.88. The molecule has 1 amide bonds. The van der Waals surface area contributed by atoms with E-state index in [4.69, 9.17) is 0 Å². The Hall–Kier alpha value is -4.26. The van der Waals surface area contributed by atoms with Crippen LogP contribution >= 0.6 is 0 Å². The maximum atomic E-state index is 12.8. The number of nitro benzene ring substituents is 1. The molecule has 1 aromatic heterocycles. The topological polar surface area (TPSA) is 90.1 Å². The number of para-hydroxylation sites is 1. The number of carbonyl (C=O) groups is 1. The SMILES string of the molecule is O=C(Nc1c(-c2ccccc2)cnn1-c1ccccc1)c1ccc([N+](=O)[O-])cc1. The van der Waals surface area contributed by atoms with Crippen molar-refractivity contribution in [1.29, 1.82) is 0 Å². The third kappa shape index (κ3) is 3.74. The Kier molecular flexibility index (Phi) is 4.86. The van der Waals surface area contributed by atoms with Gasteiger partial charge < -0.3 is 5.32 Å². The predicted octanol–water partition coefficient (Wildman–Crippen LogP) is 4.70. The maximum Gasteiger partial charge on any atom is 0.269 e. The molecule has 29 heavy (non-hydrogen) atoms. The van der Waals surface area contributed by atoms with Crippen molar-refractivity contribution >= 4 is 17.4 Å². The minimum atomic E-state index is -0.500. The highest BCUT2D eigenvalue weighted by Crippen LogP contribution is 2.30. The molecule has 0 saturated heterocycles. The number of rotatable bonds is 5. The van der Waals surface area contributed by atoms with Gasteiger partial charge in [0.15, 0.2) is 0 Å². The van der Waals surface area contributed by atoms with E-state index < -0.39 is 4.92 Å². The summed E-state index contributed by atoms with van der Waals surface area (Å²) in [7, 11) is 0. The van der Waals surface area contributed by atoms with Gasteiger partial charge >= 0.3 is 0 Å². The van der Waals surface area contributed by atoms with E-state index in [1.165, 1.54) is 24.3 Å². The Balaban J connectivity index is 1.73. The Morgan fingerprint density at radius 1 is 0.897 bits per heavy atom. The molecule has 0 radical (unpaired) electrons. The number of anilines is 1. The predicted molar refractivity (Wildman–Crippen MR) is 110 cm³/mol. The van der Waals surface area contributed by atoms with E-state index >= 15 is 0 Å². The molecule has 4 aromatic rings. The summed E-state index contributed by atoms with van der Waals surface area (Å²) < 4.78 is 1.66. The molecule has 0 aliphatic rings. The summed E-state index contributed by atoms with van der Waals surface area (Å²) in [6.07, 6.45) is 1.70. The fourth-order valence-electron chi connectivity index (χ4n) is 2.98. The van der Waals surface area contributed by atoms with E-state index in [2.05, 4.69) is 10.4 Å². The summed E-state index contributed by atoms with van der Waals surface area (Å²) in [6, 6.07) is 24.6. The largest absolute Gasteiger partial charge is 0.306 e. The molecule has 0 bridgehead atoms. The maximum absolute atomic E-state index is 12.8. The molecule has 1 N–H and O–H groups in total. The van der Waals surface area contributed by atoms with Gasteiger partial charge in [-0.2, -0.15) is 5.10 Å². The van der Waals surface area contributed by atoms with Gasteiger partial charge in [-0.1, -0.05) is 48.5 Å². The third-order valence-corrected chi connectivity index (χ3v) is 4.43. The van der Waals surface area contributed by atoms with Crippen LogP contribution in [0.1, 0.15) is 10.4 Å². The number of aromatic nitrogens is 2. The second kappa shape index (κ2) is 7.77. The van der Waals surface area contributed by atoms with Gasteiger partial charge in [-0.3, -0.25) is 14.9 Å². The molecule has 3 aromatic carbocycles. The van der Waals surface area contributed by atoms with Gasteiger partial charge in [-0.15, -0.1) is 0 Å². The molecule has 0 saturated carbocycles. The zero-order chi connectivity index (χ0) is 20.2.